The molecule has 2 heteroatoms. The molecular formula is C18H18N2. The molecule has 1 aliphatic heterocycles. The Bertz CT molecular complexity index is 704. The maximum Gasteiger partial charge on any atom is 0.0459 e. The maximum atomic E-state index is 3.66. The molecule has 0 spiro atoms. The molecule has 3 aromatic carbocycles. The molecule has 1 atom stereocenters. The van der Waals surface area contributed by atoms with Crippen LogP contribution in [0.5, 0.6) is 0 Å². The van der Waals surface area contributed by atoms with Crippen molar-refractivity contribution in [2.24, 2.45) is 0 Å². The van der Waals surface area contributed by atoms with Crippen molar-refractivity contribution in [2.75, 3.05) is 19.6 Å². The fourth-order valence-electron chi connectivity index (χ4n) is 3.28. The minimum Gasteiger partial charge on any atom is -0.314 e. The van der Waals surface area contributed by atoms with Gasteiger partial charge in [-0.15, -0.1) is 0 Å². The molecule has 0 amide bonds. The third-order valence-corrected chi connectivity index (χ3v) is 4.20. The Morgan fingerprint density at radius 2 is 1.45 bits per heavy atom. The first-order valence-electron chi connectivity index (χ1n) is 7.28. The second kappa shape index (κ2) is 4.89. The van der Waals surface area contributed by atoms with Gasteiger partial charge in [-0.3, -0.25) is 0 Å². The lowest BCUT2D eigenvalue weighted by Crippen LogP contribution is -2.42. The van der Waals surface area contributed by atoms with Crippen LogP contribution in [0.15, 0.2) is 54.6 Å². The molecule has 1 fully saturated rings. The summed E-state index contributed by atoms with van der Waals surface area (Å²) in [6, 6.07) is 20.1. The number of piperazine rings is 1. The highest BCUT2D eigenvalue weighted by molar-refractivity contribution is 6.02. The van der Waals surface area contributed by atoms with Crippen molar-refractivity contribution in [1.29, 1.82) is 0 Å². The Labute approximate surface area is 118 Å². The van der Waals surface area contributed by atoms with E-state index in [-0.39, 0.29) is 0 Å². The molecule has 2 nitrogen and oxygen atoms in total. The van der Waals surface area contributed by atoms with Crippen LogP contribution in [-0.4, -0.2) is 19.6 Å². The van der Waals surface area contributed by atoms with Gasteiger partial charge in [-0.1, -0.05) is 48.5 Å². The third-order valence-electron chi connectivity index (χ3n) is 4.20. The van der Waals surface area contributed by atoms with Crippen LogP contribution in [0.1, 0.15) is 11.6 Å². The average molecular weight is 262 g/mol. The summed E-state index contributed by atoms with van der Waals surface area (Å²) in [5.41, 5.74) is 1.44. The number of nitrogens with one attached hydrogen (secondary N) is 2. The smallest absolute Gasteiger partial charge is 0.0459 e. The second-order valence-corrected chi connectivity index (χ2v) is 5.44. The standard InChI is InChI=1S/C18H18N2/c1-3-7-15-13(5-1)11-14-6-2-4-8-16(14)18(15)17-12-19-9-10-20-17/h1-8,11,17,19-20H,9-10,12H2/t17-/m1/s1. The van der Waals surface area contributed by atoms with E-state index in [0.717, 1.165) is 19.6 Å². The second-order valence-electron chi connectivity index (χ2n) is 5.44. The van der Waals surface area contributed by atoms with E-state index >= 15 is 0 Å². The molecule has 0 unspecified atom stereocenters. The molecule has 0 bridgehead atoms. The molecule has 100 valence electrons. The van der Waals surface area contributed by atoms with Crippen molar-refractivity contribution in [3.63, 3.8) is 0 Å². The van der Waals surface area contributed by atoms with Crippen molar-refractivity contribution in [1.82, 2.24) is 10.6 Å². The minimum atomic E-state index is 0.389. The molecule has 4 rings (SSSR count). The van der Waals surface area contributed by atoms with Gasteiger partial charge in [-0.05, 0) is 33.2 Å². The van der Waals surface area contributed by atoms with Crippen LogP contribution in [0.3, 0.4) is 0 Å². The summed E-state index contributed by atoms with van der Waals surface area (Å²) in [5, 5.41) is 12.5. The zero-order valence-electron chi connectivity index (χ0n) is 11.4. The molecule has 2 N–H and O–H groups in total. The molecule has 1 heterocycles. The molecule has 3 aromatic rings. The van der Waals surface area contributed by atoms with Gasteiger partial charge >= 0.3 is 0 Å². The molecule has 1 saturated heterocycles. The maximum absolute atomic E-state index is 3.66. The number of hydrogen-bond acceptors (Lipinski definition) is 2. The SMILES string of the molecule is c1ccc2c([C@H]3CNCCN3)c3ccccc3cc2c1. The predicted molar refractivity (Wildman–Crippen MR) is 85.1 cm³/mol. The van der Waals surface area contributed by atoms with Gasteiger partial charge in [-0.2, -0.15) is 0 Å². The van der Waals surface area contributed by atoms with E-state index in [1.165, 1.54) is 27.1 Å². The van der Waals surface area contributed by atoms with E-state index in [4.69, 9.17) is 0 Å². The summed E-state index contributed by atoms with van der Waals surface area (Å²) in [5.74, 6) is 0. The van der Waals surface area contributed by atoms with E-state index in [0.29, 0.717) is 6.04 Å². The van der Waals surface area contributed by atoms with Gasteiger partial charge in [0, 0.05) is 25.7 Å². The zero-order chi connectivity index (χ0) is 13.4. The Balaban J connectivity index is 2.06. The van der Waals surface area contributed by atoms with Crippen molar-refractivity contribution in [3.05, 3.63) is 60.2 Å². The molecule has 0 aromatic heterocycles. The van der Waals surface area contributed by atoms with Crippen molar-refractivity contribution in [2.45, 2.75) is 6.04 Å². The summed E-state index contributed by atoms with van der Waals surface area (Å²) < 4.78 is 0. The van der Waals surface area contributed by atoms with Crippen LogP contribution >= 0.6 is 0 Å². The van der Waals surface area contributed by atoms with Crippen LogP contribution in [0.25, 0.3) is 21.5 Å². The van der Waals surface area contributed by atoms with Gasteiger partial charge in [0.2, 0.25) is 0 Å². The summed E-state index contributed by atoms with van der Waals surface area (Å²) in [6.07, 6.45) is 0. The van der Waals surface area contributed by atoms with E-state index in [2.05, 4.69) is 65.2 Å². The summed E-state index contributed by atoms with van der Waals surface area (Å²) >= 11 is 0. The summed E-state index contributed by atoms with van der Waals surface area (Å²) in [6.45, 7) is 3.08. The fourth-order valence-corrected chi connectivity index (χ4v) is 3.28. The van der Waals surface area contributed by atoms with E-state index < -0.39 is 0 Å². The van der Waals surface area contributed by atoms with Gasteiger partial charge in [0.1, 0.15) is 0 Å². The largest absolute Gasteiger partial charge is 0.314 e. The first-order valence-corrected chi connectivity index (χ1v) is 7.28. The molecule has 0 radical (unpaired) electrons. The lowest BCUT2D eigenvalue weighted by molar-refractivity contribution is 0.434. The Morgan fingerprint density at radius 1 is 0.800 bits per heavy atom. The van der Waals surface area contributed by atoms with E-state index in [1.54, 1.807) is 0 Å². The zero-order valence-corrected chi connectivity index (χ0v) is 11.4. The minimum absolute atomic E-state index is 0.389. The summed E-state index contributed by atoms with van der Waals surface area (Å²) in [7, 11) is 0. The lowest BCUT2D eigenvalue weighted by atomic mass is 9.91. The molecule has 0 aliphatic carbocycles. The third kappa shape index (κ3) is 1.89. The topological polar surface area (TPSA) is 24.1 Å². The number of rotatable bonds is 1. The van der Waals surface area contributed by atoms with Gasteiger partial charge in [0.15, 0.2) is 0 Å². The van der Waals surface area contributed by atoms with Crippen molar-refractivity contribution < 1.29 is 0 Å². The van der Waals surface area contributed by atoms with E-state index in [1.807, 2.05) is 0 Å². The van der Waals surface area contributed by atoms with Gasteiger partial charge < -0.3 is 10.6 Å². The highest BCUT2D eigenvalue weighted by Gasteiger charge is 2.19. The number of benzene rings is 3. The van der Waals surface area contributed by atoms with Gasteiger partial charge in [0.05, 0.1) is 0 Å². The Kier molecular flexibility index (Phi) is 2.91. The van der Waals surface area contributed by atoms with Crippen LogP contribution in [0, 0.1) is 0 Å². The fraction of sp³-hybridized carbons (Fsp3) is 0.222. The van der Waals surface area contributed by atoms with Gasteiger partial charge in [-0.25, -0.2) is 0 Å². The first-order chi connectivity index (χ1) is 9.93. The number of hydrogen-bond donors (Lipinski definition) is 2. The van der Waals surface area contributed by atoms with Crippen LogP contribution in [0.4, 0.5) is 0 Å². The molecule has 1 aliphatic rings. The monoisotopic (exact) mass is 262 g/mol. The van der Waals surface area contributed by atoms with Crippen molar-refractivity contribution >= 4 is 21.5 Å². The van der Waals surface area contributed by atoms with Crippen molar-refractivity contribution in [3.8, 4) is 0 Å². The van der Waals surface area contributed by atoms with Gasteiger partial charge in [0.25, 0.3) is 0 Å². The van der Waals surface area contributed by atoms with Crippen LogP contribution in [0.2, 0.25) is 0 Å². The molecular weight excluding hydrogens is 244 g/mol. The number of fused-ring (bicyclic) bond motifs is 2. The highest BCUT2D eigenvalue weighted by atomic mass is 15.1. The van der Waals surface area contributed by atoms with E-state index in [9.17, 15) is 0 Å². The highest BCUT2D eigenvalue weighted by Crippen LogP contribution is 2.32. The Hall–Kier alpha value is -1.90. The molecule has 20 heavy (non-hydrogen) atoms. The predicted octanol–water partition coefficient (Wildman–Crippen LogP) is 3.23. The quantitative estimate of drug-likeness (QED) is 0.658. The molecule has 0 saturated carbocycles. The average Bonchev–Trinajstić information content (AvgIpc) is 2.53. The van der Waals surface area contributed by atoms with Crippen LogP contribution < -0.4 is 10.6 Å². The lowest BCUT2D eigenvalue weighted by Gasteiger charge is -2.27. The van der Waals surface area contributed by atoms with Crippen LogP contribution in [-0.2, 0) is 0 Å². The Morgan fingerprint density at radius 3 is 2.05 bits per heavy atom. The normalized spacial score (nSPS) is 19.5. The first kappa shape index (κ1) is 11.9. The summed E-state index contributed by atoms with van der Waals surface area (Å²) in [4.78, 5) is 0.